The van der Waals surface area contributed by atoms with Crippen LogP contribution in [0.25, 0.3) is 0 Å². The third-order valence-electron chi connectivity index (χ3n) is 5.44. The summed E-state index contributed by atoms with van der Waals surface area (Å²) in [5, 5.41) is 12.6. The number of hydrogen-bond donors (Lipinski definition) is 2. The lowest BCUT2D eigenvalue weighted by Crippen LogP contribution is -2.53. The van der Waals surface area contributed by atoms with Gasteiger partial charge in [-0.15, -0.1) is 0 Å². The number of ketones is 1. The highest BCUT2D eigenvalue weighted by molar-refractivity contribution is 6.03. The molecule has 0 fully saturated rings. The number of aryl methyl sites for hydroxylation is 1. The van der Waals surface area contributed by atoms with Crippen LogP contribution in [-0.4, -0.2) is 53.0 Å². The average molecular weight is 467 g/mol. The quantitative estimate of drug-likeness (QED) is 0.454. The number of carboxylic acid groups (broad SMARTS) is 1. The summed E-state index contributed by atoms with van der Waals surface area (Å²) in [6, 6.07) is 13.5. The lowest BCUT2D eigenvalue weighted by atomic mass is 10.0. The van der Waals surface area contributed by atoms with Gasteiger partial charge in [0.1, 0.15) is 18.2 Å². The molecule has 34 heavy (non-hydrogen) atoms. The zero-order valence-electron chi connectivity index (χ0n) is 19.6. The molecule has 8 heteroatoms. The van der Waals surface area contributed by atoms with E-state index in [4.69, 9.17) is 4.74 Å². The molecular formula is C26H30N2O6. The Morgan fingerprint density at radius 3 is 2.38 bits per heavy atom. The molecule has 0 saturated heterocycles. The molecule has 2 aromatic carbocycles. The van der Waals surface area contributed by atoms with Crippen LogP contribution in [0.3, 0.4) is 0 Å². The summed E-state index contributed by atoms with van der Waals surface area (Å²) in [6.07, 6.45) is 0.523. The van der Waals surface area contributed by atoms with E-state index in [2.05, 4.69) is 5.32 Å². The predicted octanol–water partition coefficient (Wildman–Crippen LogP) is 2.99. The van der Waals surface area contributed by atoms with E-state index in [9.17, 15) is 24.3 Å². The van der Waals surface area contributed by atoms with Gasteiger partial charge in [-0.2, -0.15) is 0 Å². The molecule has 0 saturated carbocycles. The fourth-order valence-electron chi connectivity index (χ4n) is 3.92. The van der Waals surface area contributed by atoms with Crippen molar-refractivity contribution in [2.75, 3.05) is 11.4 Å². The summed E-state index contributed by atoms with van der Waals surface area (Å²) in [7, 11) is 0. The lowest BCUT2D eigenvalue weighted by molar-refractivity contribution is -0.153. The number of carbonyl (C=O) groups excluding carboxylic acids is 3. The molecule has 1 heterocycles. The van der Waals surface area contributed by atoms with Crippen molar-refractivity contribution in [3.8, 4) is 0 Å². The summed E-state index contributed by atoms with van der Waals surface area (Å²) in [6.45, 7) is 4.93. The van der Waals surface area contributed by atoms with Gasteiger partial charge in [-0.3, -0.25) is 29.4 Å². The first-order chi connectivity index (χ1) is 16.0. The molecule has 1 amide bonds. The van der Waals surface area contributed by atoms with Gasteiger partial charge < -0.3 is 9.84 Å². The fraction of sp³-hybridized carbons (Fsp3) is 0.385. The summed E-state index contributed by atoms with van der Waals surface area (Å²) >= 11 is 0. The molecule has 8 nitrogen and oxygen atoms in total. The first kappa shape index (κ1) is 25.1. The number of esters is 1. The van der Waals surface area contributed by atoms with Crippen molar-refractivity contribution in [1.29, 1.82) is 0 Å². The minimum absolute atomic E-state index is 0.300. The van der Waals surface area contributed by atoms with E-state index in [-0.39, 0.29) is 18.7 Å². The smallest absolute Gasteiger partial charge is 0.326 e. The number of ether oxygens (including phenoxy) is 1. The van der Waals surface area contributed by atoms with Gasteiger partial charge in [-0.05, 0) is 45.2 Å². The summed E-state index contributed by atoms with van der Waals surface area (Å²) in [5.41, 5.74) is 1.16. The second kappa shape index (κ2) is 10.6. The minimum atomic E-state index is -1.26. The third kappa shape index (κ3) is 6.51. The normalized spacial score (nSPS) is 16.9. The summed E-state index contributed by atoms with van der Waals surface area (Å²) < 4.78 is 5.41. The Labute approximate surface area is 198 Å². The van der Waals surface area contributed by atoms with Gasteiger partial charge in [0, 0.05) is 17.7 Å². The number of amides is 1. The average Bonchev–Trinajstić information content (AvgIpc) is 2.90. The third-order valence-corrected chi connectivity index (χ3v) is 5.44. The zero-order chi connectivity index (χ0) is 24.9. The predicted molar refractivity (Wildman–Crippen MR) is 127 cm³/mol. The molecule has 0 aromatic heterocycles. The van der Waals surface area contributed by atoms with Crippen molar-refractivity contribution < 1.29 is 29.0 Å². The monoisotopic (exact) mass is 466 g/mol. The number of carbonyl (C=O) groups is 4. The molecule has 3 rings (SSSR count). The second-order valence-electron chi connectivity index (χ2n) is 9.28. The minimum Gasteiger partial charge on any atom is -0.480 e. The number of hydrogen-bond acceptors (Lipinski definition) is 6. The van der Waals surface area contributed by atoms with Gasteiger partial charge in [0.15, 0.2) is 5.78 Å². The molecule has 180 valence electrons. The van der Waals surface area contributed by atoms with Crippen LogP contribution in [0.15, 0.2) is 54.6 Å². The number of aliphatic carboxylic acids is 1. The number of carboxylic acids is 1. The second-order valence-corrected chi connectivity index (χ2v) is 9.28. The van der Waals surface area contributed by atoms with Crippen molar-refractivity contribution in [2.24, 2.45) is 0 Å². The van der Waals surface area contributed by atoms with Crippen LogP contribution in [0.5, 0.6) is 0 Å². The molecule has 2 N–H and O–H groups in total. The maximum absolute atomic E-state index is 13.5. The standard InChI is InChI=1S/C26H30N2O6/c1-26(2,3)34-23(30)16-28-21-12-8-7-9-17(21)13-14-19(24(28)31)27-20(25(32)33)15-22(29)18-10-5-4-6-11-18/h4-12,19-20,27H,13-16H2,1-3H3,(H,32,33)/t19-,20?/m0/s1. The van der Waals surface area contributed by atoms with E-state index in [1.165, 1.54) is 4.90 Å². The van der Waals surface area contributed by atoms with Crippen molar-refractivity contribution in [3.05, 3.63) is 65.7 Å². The summed E-state index contributed by atoms with van der Waals surface area (Å²) in [4.78, 5) is 52.0. The first-order valence-corrected chi connectivity index (χ1v) is 11.2. The maximum atomic E-state index is 13.5. The molecule has 0 bridgehead atoms. The number of rotatable bonds is 8. The van der Waals surface area contributed by atoms with Gasteiger partial charge in [0.05, 0.1) is 6.04 Å². The van der Waals surface area contributed by atoms with Crippen LogP contribution in [0.1, 0.15) is 49.5 Å². The maximum Gasteiger partial charge on any atom is 0.326 e. The number of nitrogens with zero attached hydrogens (tertiary/aromatic N) is 1. The molecule has 1 aliphatic heterocycles. The van der Waals surface area contributed by atoms with Crippen molar-refractivity contribution in [2.45, 2.75) is 57.7 Å². The zero-order valence-corrected chi connectivity index (χ0v) is 19.6. The molecule has 1 unspecified atom stereocenters. The van der Waals surface area contributed by atoms with Gasteiger partial charge in [-0.1, -0.05) is 48.5 Å². The molecule has 0 radical (unpaired) electrons. The lowest BCUT2D eigenvalue weighted by Gasteiger charge is -2.28. The van der Waals surface area contributed by atoms with Crippen LogP contribution in [0, 0.1) is 0 Å². The van der Waals surface area contributed by atoms with E-state index in [1.807, 2.05) is 12.1 Å². The Balaban J connectivity index is 1.82. The highest BCUT2D eigenvalue weighted by Gasteiger charge is 2.35. The van der Waals surface area contributed by atoms with Crippen LogP contribution in [0.4, 0.5) is 5.69 Å². The Morgan fingerprint density at radius 2 is 1.74 bits per heavy atom. The van der Waals surface area contributed by atoms with E-state index >= 15 is 0 Å². The largest absolute Gasteiger partial charge is 0.480 e. The topological polar surface area (TPSA) is 113 Å². The highest BCUT2D eigenvalue weighted by atomic mass is 16.6. The number of benzene rings is 2. The number of fused-ring (bicyclic) bond motifs is 1. The van der Waals surface area contributed by atoms with Crippen LogP contribution in [-0.2, 0) is 25.5 Å². The van der Waals surface area contributed by atoms with Crippen LogP contribution < -0.4 is 10.2 Å². The van der Waals surface area contributed by atoms with Gasteiger partial charge in [0.25, 0.3) is 0 Å². The molecule has 2 atom stereocenters. The molecule has 1 aliphatic rings. The van der Waals surface area contributed by atoms with Gasteiger partial charge in [-0.25, -0.2) is 0 Å². The first-order valence-electron chi connectivity index (χ1n) is 11.2. The Kier molecular flexibility index (Phi) is 7.83. The Bertz CT molecular complexity index is 1060. The molecular weight excluding hydrogens is 436 g/mol. The number of Topliss-reactive ketones (excluding diaryl/α,β-unsaturated/α-hetero) is 1. The van der Waals surface area contributed by atoms with Crippen molar-refractivity contribution >= 4 is 29.3 Å². The molecule has 0 spiro atoms. The Hall–Kier alpha value is -3.52. The number of anilines is 1. The fourth-order valence-corrected chi connectivity index (χ4v) is 3.92. The van der Waals surface area contributed by atoms with Gasteiger partial charge >= 0.3 is 11.9 Å². The van der Waals surface area contributed by atoms with E-state index in [0.29, 0.717) is 24.1 Å². The van der Waals surface area contributed by atoms with Crippen LogP contribution >= 0.6 is 0 Å². The van der Waals surface area contributed by atoms with E-state index in [0.717, 1.165) is 5.56 Å². The van der Waals surface area contributed by atoms with E-state index in [1.54, 1.807) is 63.2 Å². The van der Waals surface area contributed by atoms with Crippen molar-refractivity contribution in [1.82, 2.24) is 5.32 Å². The van der Waals surface area contributed by atoms with Crippen LogP contribution in [0.2, 0.25) is 0 Å². The highest BCUT2D eigenvalue weighted by Crippen LogP contribution is 2.27. The molecule has 2 aromatic rings. The SMILES string of the molecule is CC(C)(C)OC(=O)CN1C(=O)[C@@H](NC(CC(=O)c2ccccc2)C(=O)O)CCc2ccccc21. The van der Waals surface area contributed by atoms with Crippen molar-refractivity contribution in [3.63, 3.8) is 0 Å². The Morgan fingerprint density at radius 1 is 1.09 bits per heavy atom. The summed E-state index contributed by atoms with van der Waals surface area (Å²) in [5.74, 6) is -2.56. The number of para-hydroxylation sites is 1. The van der Waals surface area contributed by atoms with Gasteiger partial charge in [0.2, 0.25) is 5.91 Å². The molecule has 0 aliphatic carbocycles. The number of nitrogens with one attached hydrogen (secondary N) is 1. The van der Waals surface area contributed by atoms with E-state index < -0.39 is 35.5 Å².